The van der Waals surface area contributed by atoms with Gasteiger partial charge < -0.3 is 14.7 Å². The van der Waals surface area contributed by atoms with Gasteiger partial charge in [0.2, 0.25) is 0 Å². The van der Waals surface area contributed by atoms with Gasteiger partial charge in [-0.1, -0.05) is 0 Å². The number of ether oxygens (including phenoxy) is 1. The highest BCUT2D eigenvalue weighted by molar-refractivity contribution is 7.91. The van der Waals surface area contributed by atoms with E-state index < -0.39 is 15.9 Å². The number of nitrogens with zero attached hydrogens (tertiary/aromatic N) is 1. The average molecular weight is 265 g/mol. The second-order valence-corrected chi connectivity index (χ2v) is 6.42. The standard InChI is InChI=1S/C10H19NO5S/c1-8(16-2)10(13)11(4-5-12)9-3-6-17(14,15)7-9/h8-9,12H,3-7H2,1-2H3. The van der Waals surface area contributed by atoms with Crippen LogP contribution in [0.2, 0.25) is 0 Å². The van der Waals surface area contributed by atoms with Crippen molar-refractivity contribution >= 4 is 15.7 Å². The Bertz CT molecular complexity index is 367. The van der Waals surface area contributed by atoms with Gasteiger partial charge in [0.1, 0.15) is 6.10 Å². The van der Waals surface area contributed by atoms with Crippen molar-refractivity contribution < 1.29 is 23.1 Å². The number of sulfone groups is 1. The monoisotopic (exact) mass is 265 g/mol. The van der Waals surface area contributed by atoms with Crippen molar-refractivity contribution in [1.82, 2.24) is 4.90 Å². The molecule has 1 saturated heterocycles. The Kier molecular flexibility index (Phi) is 4.91. The van der Waals surface area contributed by atoms with Crippen molar-refractivity contribution in [1.29, 1.82) is 0 Å². The Labute approximate surface area is 101 Å². The van der Waals surface area contributed by atoms with Crippen LogP contribution in [0.3, 0.4) is 0 Å². The largest absolute Gasteiger partial charge is 0.395 e. The number of rotatable bonds is 5. The maximum atomic E-state index is 12.0. The Morgan fingerprint density at radius 2 is 2.24 bits per heavy atom. The summed E-state index contributed by atoms with van der Waals surface area (Å²) in [5.41, 5.74) is 0. The number of aliphatic hydroxyl groups excluding tert-OH is 1. The number of hydrogen-bond donors (Lipinski definition) is 1. The van der Waals surface area contributed by atoms with Crippen LogP contribution < -0.4 is 0 Å². The Morgan fingerprint density at radius 1 is 1.59 bits per heavy atom. The Balaban J connectivity index is 2.76. The molecule has 2 atom stereocenters. The van der Waals surface area contributed by atoms with E-state index in [-0.39, 0.29) is 36.6 Å². The molecule has 100 valence electrons. The van der Waals surface area contributed by atoms with E-state index in [1.165, 1.54) is 12.0 Å². The van der Waals surface area contributed by atoms with Gasteiger partial charge in [-0.05, 0) is 13.3 Å². The number of hydrogen-bond acceptors (Lipinski definition) is 5. The molecular formula is C10H19NO5S. The summed E-state index contributed by atoms with van der Waals surface area (Å²) in [6.07, 6.45) is -0.185. The van der Waals surface area contributed by atoms with Gasteiger partial charge >= 0.3 is 0 Å². The molecular weight excluding hydrogens is 246 g/mol. The van der Waals surface area contributed by atoms with Crippen LogP contribution in [-0.4, -0.2) is 68.2 Å². The minimum Gasteiger partial charge on any atom is -0.395 e. The molecule has 1 amide bonds. The van der Waals surface area contributed by atoms with Gasteiger partial charge in [0.05, 0.1) is 18.1 Å². The van der Waals surface area contributed by atoms with Gasteiger partial charge in [-0.15, -0.1) is 0 Å². The first-order chi connectivity index (χ1) is 7.91. The molecule has 1 N–H and O–H groups in total. The maximum absolute atomic E-state index is 12.0. The number of carbonyl (C=O) groups is 1. The molecule has 7 heteroatoms. The van der Waals surface area contributed by atoms with Crippen LogP contribution in [0, 0.1) is 0 Å². The van der Waals surface area contributed by atoms with E-state index in [0.29, 0.717) is 6.42 Å². The third-order valence-corrected chi connectivity index (χ3v) is 4.72. The highest BCUT2D eigenvalue weighted by Crippen LogP contribution is 2.18. The molecule has 0 bridgehead atoms. The lowest BCUT2D eigenvalue weighted by Crippen LogP contribution is -2.47. The lowest BCUT2D eigenvalue weighted by molar-refractivity contribution is -0.143. The van der Waals surface area contributed by atoms with Crippen LogP contribution in [0.15, 0.2) is 0 Å². The quantitative estimate of drug-likeness (QED) is 0.691. The summed E-state index contributed by atoms with van der Waals surface area (Å²) in [6.45, 7) is 1.57. The molecule has 0 spiro atoms. The van der Waals surface area contributed by atoms with E-state index in [9.17, 15) is 13.2 Å². The fourth-order valence-electron chi connectivity index (χ4n) is 1.94. The minimum absolute atomic E-state index is 0.0187. The lowest BCUT2D eigenvalue weighted by atomic mass is 10.2. The van der Waals surface area contributed by atoms with Crippen LogP contribution in [0.4, 0.5) is 0 Å². The van der Waals surface area contributed by atoms with Crippen LogP contribution in [0.5, 0.6) is 0 Å². The zero-order valence-electron chi connectivity index (χ0n) is 10.1. The molecule has 17 heavy (non-hydrogen) atoms. The number of aliphatic hydroxyl groups is 1. The highest BCUT2D eigenvalue weighted by atomic mass is 32.2. The smallest absolute Gasteiger partial charge is 0.251 e. The Morgan fingerprint density at radius 3 is 2.65 bits per heavy atom. The van der Waals surface area contributed by atoms with E-state index >= 15 is 0 Å². The maximum Gasteiger partial charge on any atom is 0.251 e. The first-order valence-corrected chi connectivity index (χ1v) is 7.38. The van der Waals surface area contributed by atoms with E-state index in [1.807, 2.05) is 0 Å². The van der Waals surface area contributed by atoms with Gasteiger partial charge in [0, 0.05) is 19.7 Å². The normalized spacial score (nSPS) is 24.5. The minimum atomic E-state index is -3.04. The predicted octanol–water partition coefficient (Wildman–Crippen LogP) is -0.971. The number of carbonyl (C=O) groups excluding carboxylic acids is 1. The third kappa shape index (κ3) is 3.65. The molecule has 0 radical (unpaired) electrons. The van der Waals surface area contributed by atoms with Crippen molar-refractivity contribution in [2.75, 3.05) is 31.8 Å². The van der Waals surface area contributed by atoms with E-state index in [4.69, 9.17) is 9.84 Å². The van der Waals surface area contributed by atoms with Crippen LogP contribution in [-0.2, 0) is 19.4 Å². The predicted molar refractivity (Wildman–Crippen MR) is 62.3 cm³/mol. The zero-order valence-corrected chi connectivity index (χ0v) is 10.9. The van der Waals surface area contributed by atoms with Gasteiger partial charge in [-0.2, -0.15) is 0 Å². The second kappa shape index (κ2) is 5.79. The van der Waals surface area contributed by atoms with Gasteiger partial charge in [0.15, 0.2) is 9.84 Å². The van der Waals surface area contributed by atoms with Gasteiger partial charge in [-0.25, -0.2) is 8.42 Å². The van der Waals surface area contributed by atoms with E-state index in [1.54, 1.807) is 6.92 Å². The SMILES string of the molecule is COC(C)C(=O)N(CCO)C1CCS(=O)(=O)C1. The molecule has 1 fully saturated rings. The summed E-state index contributed by atoms with van der Waals surface area (Å²) in [4.78, 5) is 13.4. The number of methoxy groups -OCH3 is 1. The van der Waals surface area contributed by atoms with E-state index in [2.05, 4.69) is 0 Å². The molecule has 6 nitrogen and oxygen atoms in total. The fourth-order valence-corrected chi connectivity index (χ4v) is 3.67. The lowest BCUT2D eigenvalue weighted by Gasteiger charge is -2.29. The number of amides is 1. The van der Waals surface area contributed by atoms with Crippen molar-refractivity contribution in [2.24, 2.45) is 0 Å². The summed E-state index contributed by atoms with van der Waals surface area (Å²) < 4.78 is 27.7. The van der Waals surface area contributed by atoms with Crippen molar-refractivity contribution in [3.63, 3.8) is 0 Å². The molecule has 0 saturated carbocycles. The first kappa shape index (κ1) is 14.4. The van der Waals surface area contributed by atoms with Crippen molar-refractivity contribution in [3.05, 3.63) is 0 Å². The van der Waals surface area contributed by atoms with Crippen molar-refractivity contribution in [3.8, 4) is 0 Å². The first-order valence-electron chi connectivity index (χ1n) is 5.56. The summed E-state index contributed by atoms with van der Waals surface area (Å²) >= 11 is 0. The summed E-state index contributed by atoms with van der Waals surface area (Å²) in [7, 11) is -1.62. The fraction of sp³-hybridized carbons (Fsp3) is 0.900. The van der Waals surface area contributed by atoms with Crippen LogP contribution >= 0.6 is 0 Å². The molecule has 0 aliphatic carbocycles. The molecule has 1 heterocycles. The second-order valence-electron chi connectivity index (χ2n) is 4.19. The summed E-state index contributed by atoms with van der Waals surface area (Å²) in [5, 5.41) is 8.95. The molecule has 0 aromatic carbocycles. The molecule has 2 unspecified atom stereocenters. The van der Waals surface area contributed by atoms with E-state index in [0.717, 1.165) is 0 Å². The third-order valence-electron chi connectivity index (χ3n) is 2.97. The van der Waals surface area contributed by atoms with Crippen LogP contribution in [0.25, 0.3) is 0 Å². The van der Waals surface area contributed by atoms with Crippen LogP contribution in [0.1, 0.15) is 13.3 Å². The Hall–Kier alpha value is -0.660. The molecule has 0 aromatic rings. The molecule has 0 aromatic heterocycles. The summed E-state index contributed by atoms with van der Waals surface area (Å²) in [5.74, 6) is -0.188. The van der Waals surface area contributed by atoms with Gasteiger partial charge in [-0.3, -0.25) is 4.79 Å². The highest BCUT2D eigenvalue weighted by Gasteiger charge is 2.35. The average Bonchev–Trinajstić information content (AvgIpc) is 2.64. The summed E-state index contributed by atoms with van der Waals surface area (Å²) in [6, 6.07) is -0.336. The topological polar surface area (TPSA) is 83.9 Å². The molecule has 1 aliphatic heterocycles. The molecule has 1 aliphatic rings. The van der Waals surface area contributed by atoms with Gasteiger partial charge in [0.25, 0.3) is 5.91 Å². The molecule has 1 rings (SSSR count). The van der Waals surface area contributed by atoms with Crippen molar-refractivity contribution in [2.45, 2.75) is 25.5 Å². The zero-order chi connectivity index (χ0) is 13.1.